The maximum atomic E-state index is 12.0. The van der Waals surface area contributed by atoms with Gasteiger partial charge in [0, 0.05) is 18.5 Å². The molecule has 1 aromatic heterocycles. The molecule has 8 heteroatoms. The SMILES string of the molecule is COC(=O)c1cn(CCNC(=O)N[C@@H]2[C@H]3Cc4ccccc4[C@H]32)nn1. The van der Waals surface area contributed by atoms with Gasteiger partial charge in [0.15, 0.2) is 5.69 Å². The van der Waals surface area contributed by atoms with Crippen LogP contribution in [0.4, 0.5) is 4.79 Å². The number of amides is 2. The molecular weight excluding hydrogens is 322 g/mol. The zero-order valence-corrected chi connectivity index (χ0v) is 13.8. The lowest BCUT2D eigenvalue weighted by atomic mass is 10.1. The highest BCUT2D eigenvalue weighted by Gasteiger charge is 2.56. The number of rotatable bonds is 5. The minimum absolute atomic E-state index is 0.149. The Balaban J connectivity index is 1.22. The van der Waals surface area contributed by atoms with Crippen molar-refractivity contribution in [2.45, 2.75) is 24.9 Å². The van der Waals surface area contributed by atoms with Gasteiger partial charge in [0.1, 0.15) is 0 Å². The monoisotopic (exact) mass is 341 g/mol. The van der Waals surface area contributed by atoms with Gasteiger partial charge in [-0.25, -0.2) is 14.3 Å². The van der Waals surface area contributed by atoms with Crippen LogP contribution in [0.1, 0.15) is 27.5 Å². The number of fused-ring (bicyclic) bond motifs is 3. The van der Waals surface area contributed by atoms with E-state index < -0.39 is 5.97 Å². The number of ether oxygens (including phenoxy) is 1. The molecule has 2 N–H and O–H groups in total. The molecule has 2 aliphatic rings. The van der Waals surface area contributed by atoms with E-state index in [1.54, 1.807) is 0 Å². The molecule has 1 aromatic carbocycles. The van der Waals surface area contributed by atoms with E-state index in [0.717, 1.165) is 6.42 Å². The number of nitrogens with zero attached hydrogens (tertiary/aromatic N) is 3. The first-order valence-corrected chi connectivity index (χ1v) is 8.28. The van der Waals surface area contributed by atoms with Gasteiger partial charge in [-0.2, -0.15) is 0 Å². The van der Waals surface area contributed by atoms with Crippen molar-refractivity contribution >= 4 is 12.0 Å². The van der Waals surface area contributed by atoms with E-state index in [4.69, 9.17) is 0 Å². The van der Waals surface area contributed by atoms with Crippen molar-refractivity contribution in [3.8, 4) is 0 Å². The smallest absolute Gasteiger partial charge is 0.360 e. The molecule has 8 nitrogen and oxygen atoms in total. The fourth-order valence-corrected chi connectivity index (χ4v) is 3.64. The summed E-state index contributed by atoms with van der Waals surface area (Å²) in [5.41, 5.74) is 2.93. The molecule has 1 heterocycles. The third kappa shape index (κ3) is 2.95. The molecule has 2 aliphatic carbocycles. The largest absolute Gasteiger partial charge is 0.464 e. The Morgan fingerprint density at radius 1 is 1.36 bits per heavy atom. The van der Waals surface area contributed by atoms with Gasteiger partial charge in [0.2, 0.25) is 0 Å². The van der Waals surface area contributed by atoms with Crippen LogP contribution in [0.5, 0.6) is 0 Å². The average molecular weight is 341 g/mol. The van der Waals surface area contributed by atoms with Gasteiger partial charge >= 0.3 is 12.0 Å². The number of hydrogen-bond acceptors (Lipinski definition) is 5. The Morgan fingerprint density at radius 3 is 3.04 bits per heavy atom. The van der Waals surface area contributed by atoms with E-state index in [1.165, 1.54) is 29.1 Å². The van der Waals surface area contributed by atoms with Gasteiger partial charge in [0.25, 0.3) is 0 Å². The Labute approximate surface area is 144 Å². The lowest BCUT2D eigenvalue weighted by molar-refractivity contribution is 0.0594. The molecule has 1 saturated carbocycles. The van der Waals surface area contributed by atoms with Crippen molar-refractivity contribution in [1.29, 1.82) is 0 Å². The zero-order chi connectivity index (χ0) is 17.4. The van der Waals surface area contributed by atoms with Crippen molar-refractivity contribution in [1.82, 2.24) is 25.6 Å². The number of nitrogens with one attached hydrogen (secondary N) is 2. The third-order valence-electron chi connectivity index (χ3n) is 4.90. The average Bonchev–Trinajstić information content (AvgIpc) is 3.00. The van der Waals surface area contributed by atoms with Crippen molar-refractivity contribution < 1.29 is 14.3 Å². The van der Waals surface area contributed by atoms with Crippen LogP contribution in [0.3, 0.4) is 0 Å². The molecule has 0 spiro atoms. The Kier molecular flexibility index (Phi) is 3.87. The summed E-state index contributed by atoms with van der Waals surface area (Å²) in [7, 11) is 1.29. The molecular formula is C17H19N5O3. The quantitative estimate of drug-likeness (QED) is 0.780. The number of urea groups is 1. The molecule has 1 fully saturated rings. The summed E-state index contributed by atoms with van der Waals surface area (Å²) >= 11 is 0. The second-order valence-corrected chi connectivity index (χ2v) is 6.38. The first-order chi connectivity index (χ1) is 12.2. The molecule has 25 heavy (non-hydrogen) atoms. The fraction of sp³-hybridized carbons (Fsp3) is 0.412. The van der Waals surface area contributed by atoms with Crippen molar-refractivity contribution in [3.05, 3.63) is 47.3 Å². The van der Waals surface area contributed by atoms with Gasteiger partial charge in [-0.1, -0.05) is 29.5 Å². The van der Waals surface area contributed by atoms with Gasteiger partial charge < -0.3 is 15.4 Å². The van der Waals surface area contributed by atoms with Crippen molar-refractivity contribution in [3.63, 3.8) is 0 Å². The number of hydrogen-bond donors (Lipinski definition) is 2. The van der Waals surface area contributed by atoms with E-state index >= 15 is 0 Å². The first-order valence-electron chi connectivity index (χ1n) is 8.28. The highest BCUT2D eigenvalue weighted by Crippen LogP contribution is 2.56. The molecule has 0 aliphatic heterocycles. The first kappa shape index (κ1) is 15.6. The Morgan fingerprint density at radius 2 is 2.20 bits per heavy atom. The van der Waals surface area contributed by atoms with E-state index in [1.807, 2.05) is 0 Å². The zero-order valence-electron chi connectivity index (χ0n) is 13.8. The normalized spacial score (nSPS) is 22.7. The van der Waals surface area contributed by atoms with Crippen LogP contribution in [-0.2, 0) is 17.7 Å². The molecule has 0 bridgehead atoms. The highest BCUT2D eigenvalue weighted by molar-refractivity contribution is 5.86. The summed E-state index contributed by atoms with van der Waals surface area (Å²) in [5, 5.41) is 13.4. The van der Waals surface area contributed by atoms with Gasteiger partial charge in [-0.3, -0.25) is 0 Å². The van der Waals surface area contributed by atoms with Crippen LogP contribution in [0.25, 0.3) is 0 Å². The topological polar surface area (TPSA) is 98.1 Å². The minimum Gasteiger partial charge on any atom is -0.464 e. The molecule has 0 radical (unpaired) electrons. The molecule has 0 unspecified atom stereocenters. The Hall–Kier alpha value is -2.90. The number of carbonyl (C=O) groups excluding carboxylic acids is 2. The molecule has 4 rings (SSSR count). The summed E-state index contributed by atoms with van der Waals surface area (Å²) < 4.78 is 6.06. The molecule has 0 saturated heterocycles. The van der Waals surface area contributed by atoms with Gasteiger partial charge in [-0.15, -0.1) is 5.10 Å². The third-order valence-corrected chi connectivity index (χ3v) is 4.90. The lowest BCUT2D eigenvalue weighted by Gasteiger charge is -2.10. The summed E-state index contributed by atoms with van der Waals surface area (Å²) in [6.07, 6.45) is 2.54. The van der Waals surface area contributed by atoms with Gasteiger partial charge in [-0.05, 0) is 23.5 Å². The van der Waals surface area contributed by atoms with Crippen LogP contribution in [0.15, 0.2) is 30.5 Å². The number of methoxy groups -OCH3 is 1. The molecule has 2 amide bonds. The summed E-state index contributed by atoms with van der Waals surface area (Å²) in [6, 6.07) is 8.49. The second-order valence-electron chi connectivity index (χ2n) is 6.38. The van der Waals surface area contributed by atoms with E-state index in [-0.39, 0.29) is 17.8 Å². The number of carbonyl (C=O) groups is 2. The standard InChI is InChI=1S/C17H19N5O3/c1-25-16(23)13-9-22(21-20-13)7-6-18-17(24)19-15-12-8-10-4-2-3-5-11(10)14(12)15/h2-5,9,12,14-15H,6-8H2,1H3,(H2,18,19,24)/t12-,14+,15+/m0/s1. The van der Waals surface area contributed by atoms with E-state index in [9.17, 15) is 9.59 Å². The predicted molar refractivity (Wildman–Crippen MR) is 88.1 cm³/mol. The number of benzene rings is 1. The van der Waals surface area contributed by atoms with E-state index in [2.05, 4.69) is 49.9 Å². The summed E-state index contributed by atoms with van der Waals surface area (Å²) in [6.45, 7) is 0.826. The van der Waals surface area contributed by atoms with Gasteiger partial charge in [0.05, 0.1) is 19.9 Å². The van der Waals surface area contributed by atoms with Crippen LogP contribution in [0.2, 0.25) is 0 Å². The summed E-state index contributed by atoms with van der Waals surface area (Å²) in [4.78, 5) is 23.3. The summed E-state index contributed by atoms with van der Waals surface area (Å²) in [5.74, 6) is 0.457. The number of aromatic nitrogens is 3. The van der Waals surface area contributed by atoms with Crippen LogP contribution in [-0.4, -0.2) is 46.7 Å². The fourth-order valence-electron chi connectivity index (χ4n) is 3.64. The van der Waals surface area contributed by atoms with Crippen LogP contribution in [0, 0.1) is 5.92 Å². The molecule has 3 atom stereocenters. The maximum Gasteiger partial charge on any atom is 0.360 e. The molecule has 130 valence electrons. The van der Waals surface area contributed by atoms with E-state index in [0.29, 0.717) is 24.9 Å². The second kappa shape index (κ2) is 6.19. The molecule has 2 aromatic rings. The maximum absolute atomic E-state index is 12.0. The predicted octanol–water partition coefficient (Wildman–Crippen LogP) is 0.702. The van der Waals surface area contributed by atoms with Crippen molar-refractivity contribution in [2.24, 2.45) is 5.92 Å². The highest BCUT2D eigenvalue weighted by atomic mass is 16.5. The minimum atomic E-state index is -0.530. The van der Waals surface area contributed by atoms with Crippen LogP contribution >= 0.6 is 0 Å². The Bertz CT molecular complexity index is 818. The number of esters is 1. The van der Waals surface area contributed by atoms with Crippen LogP contribution < -0.4 is 10.6 Å². The van der Waals surface area contributed by atoms with Crippen molar-refractivity contribution in [2.75, 3.05) is 13.7 Å². The lowest BCUT2D eigenvalue weighted by Crippen LogP contribution is -2.39.